The molecular formula is C20H26O6. The molecule has 0 fully saturated rings. The first-order valence-corrected chi connectivity index (χ1v) is 8.62. The van der Waals surface area contributed by atoms with Crippen LogP contribution in [0.2, 0.25) is 0 Å². The molecule has 2 rings (SSSR count). The molecule has 0 amide bonds. The van der Waals surface area contributed by atoms with Crippen LogP contribution in [0.25, 0.3) is 0 Å². The molecular weight excluding hydrogens is 336 g/mol. The molecule has 0 saturated heterocycles. The number of hydrogen-bond donors (Lipinski definition) is 2. The molecule has 1 aromatic rings. The SMILES string of the molecule is CCOC(=O)/C(=C/OC(O)C=C(C)C)C1CCc2cc(O)c(OC)cc21. The summed E-state index contributed by atoms with van der Waals surface area (Å²) in [5.74, 6) is -0.313. The van der Waals surface area contributed by atoms with Gasteiger partial charge in [-0.15, -0.1) is 0 Å². The molecule has 0 radical (unpaired) electrons. The van der Waals surface area contributed by atoms with Crippen molar-refractivity contribution in [3.63, 3.8) is 0 Å². The second kappa shape index (κ2) is 8.76. The lowest BCUT2D eigenvalue weighted by Crippen LogP contribution is -2.15. The van der Waals surface area contributed by atoms with Crippen LogP contribution >= 0.6 is 0 Å². The Morgan fingerprint density at radius 3 is 2.73 bits per heavy atom. The molecule has 2 unspecified atom stereocenters. The highest BCUT2D eigenvalue weighted by Gasteiger charge is 2.32. The zero-order valence-corrected chi connectivity index (χ0v) is 15.6. The van der Waals surface area contributed by atoms with Crippen LogP contribution in [0.5, 0.6) is 11.5 Å². The molecule has 142 valence electrons. The van der Waals surface area contributed by atoms with Crippen LogP contribution in [0.3, 0.4) is 0 Å². The number of hydrogen-bond acceptors (Lipinski definition) is 6. The van der Waals surface area contributed by atoms with Gasteiger partial charge >= 0.3 is 5.97 Å². The summed E-state index contributed by atoms with van der Waals surface area (Å²) in [6.45, 7) is 5.66. The Morgan fingerprint density at radius 2 is 2.12 bits per heavy atom. The van der Waals surface area contributed by atoms with Gasteiger partial charge < -0.3 is 24.4 Å². The number of aliphatic hydroxyl groups is 1. The number of benzene rings is 1. The number of aliphatic hydroxyl groups excluding tert-OH is 1. The Labute approximate surface area is 153 Å². The Balaban J connectivity index is 2.36. The van der Waals surface area contributed by atoms with Gasteiger partial charge in [-0.1, -0.05) is 5.57 Å². The number of methoxy groups -OCH3 is 1. The zero-order chi connectivity index (χ0) is 19.3. The van der Waals surface area contributed by atoms with E-state index in [0.29, 0.717) is 24.2 Å². The molecule has 26 heavy (non-hydrogen) atoms. The Hall–Kier alpha value is -2.47. The van der Waals surface area contributed by atoms with E-state index in [0.717, 1.165) is 16.7 Å². The Morgan fingerprint density at radius 1 is 1.38 bits per heavy atom. The summed E-state index contributed by atoms with van der Waals surface area (Å²) >= 11 is 0. The summed E-state index contributed by atoms with van der Waals surface area (Å²) in [4.78, 5) is 12.4. The molecule has 1 aliphatic carbocycles. The van der Waals surface area contributed by atoms with Gasteiger partial charge in [0.2, 0.25) is 6.29 Å². The number of aromatic hydroxyl groups is 1. The van der Waals surface area contributed by atoms with E-state index in [1.165, 1.54) is 13.4 Å². The van der Waals surface area contributed by atoms with E-state index in [-0.39, 0.29) is 18.3 Å². The average molecular weight is 362 g/mol. The molecule has 6 heteroatoms. The van der Waals surface area contributed by atoms with E-state index in [2.05, 4.69) is 0 Å². The fraction of sp³-hybridized carbons (Fsp3) is 0.450. The maximum atomic E-state index is 12.4. The second-order valence-electron chi connectivity index (χ2n) is 6.38. The summed E-state index contributed by atoms with van der Waals surface area (Å²) in [6.07, 6.45) is 3.07. The Bertz CT molecular complexity index is 715. The number of fused-ring (bicyclic) bond motifs is 1. The van der Waals surface area contributed by atoms with Crippen molar-refractivity contribution in [2.45, 2.75) is 45.8 Å². The molecule has 1 aromatic carbocycles. The number of ether oxygens (including phenoxy) is 3. The van der Waals surface area contributed by atoms with Crippen LogP contribution in [-0.2, 0) is 20.7 Å². The minimum absolute atomic E-state index is 0.0730. The van der Waals surface area contributed by atoms with Crippen molar-refractivity contribution in [3.8, 4) is 11.5 Å². The first-order chi connectivity index (χ1) is 12.4. The van der Waals surface area contributed by atoms with Crippen LogP contribution in [0.4, 0.5) is 0 Å². The van der Waals surface area contributed by atoms with Gasteiger partial charge in [-0.2, -0.15) is 0 Å². The number of esters is 1. The molecule has 0 heterocycles. The fourth-order valence-electron chi connectivity index (χ4n) is 3.06. The van der Waals surface area contributed by atoms with E-state index in [9.17, 15) is 15.0 Å². The number of carbonyl (C=O) groups excluding carboxylic acids is 1. The van der Waals surface area contributed by atoms with Crippen molar-refractivity contribution in [1.82, 2.24) is 0 Å². The topological polar surface area (TPSA) is 85.2 Å². The average Bonchev–Trinajstić information content (AvgIpc) is 2.96. The number of rotatable bonds is 7. The second-order valence-corrected chi connectivity index (χ2v) is 6.38. The van der Waals surface area contributed by atoms with Crippen LogP contribution in [-0.4, -0.2) is 36.2 Å². The van der Waals surface area contributed by atoms with Gasteiger partial charge in [0.25, 0.3) is 0 Å². The summed E-state index contributed by atoms with van der Waals surface area (Å²) < 4.78 is 15.7. The molecule has 2 N–H and O–H groups in total. The van der Waals surface area contributed by atoms with Gasteiger partial charge in [0.1, 0.15) is 0 Å². The highest BCUT2D eigenvalue weighted by molar-refractivity contribution is 5.90. The van der Waals surface area contributed by atoms with Crippen molar-refractivity contribution in [3.05, 3.63) is 46.7 Å². The van der Waals surface area contributed by atoms with Gasteiger partial charge in [-0.3, -0.25) is 0 Å². The highest BCUT2D eigenvalue weighted by Crippen LogP contribution is 2.43. The lowest BCUT2D eigenvalue weighted by molar-refractivity contribution is -0.139. The first-order valence-electron chi connectivity index (χ1n) is 8.62. The fourth-order valence-corrected chi connectivity index (χ4v) is 3.06. The lowest BCUT2D eigenvalue weighted by Gasteiger charge is -2.17. The molecule has 2 atom stereocenters. The summed E-state index contributed by atoms with van der Waals surface area (Å²) in [5, 5.41) is 19.8. The predicted octanol–water partition coefficient (Wildman–Crippen LogP) is 3.18. The maximum Gasteiger partial charge on any atom is 0.337 e. The third kappa shape index (κ3) is 4.58. The first kappa shape index (κ1) is 19.8. The van der Waals surface area contributed by atoms with Crippen molar-refractivity contribution >= 4 is 5.97 Å². The van der Waals surface area contributed by atoms with E-state index in [1.54, 1.807) is 25.1 Å². The number of carbonyl (C=O) groups is 1. The summed E-state index contributed by atoms with van der Waals surface area (Å²) in [6, 6.07) is 3.40. The van der Waals surface area contributed by atoms with Gasteiger partial charge in [0, 0.05) is 5.92 Å². The van der Waals surface area contributed by atoms with E-state index >= 15 is 0 Å². The van der Waals surface area contributed by atoms with Gasteiger partial charge in [0.15, 0.2) is 11.5 Å². The van der Waals surface area contributed by atoms with Gasteiger partial charge in [-0.25, -0.2) is 4.79 Å². The molecule has 0 spiro atoms. The third-order valence-electron chi connectivity index (χ3n) is 4.22. The van der Waals surface area contributed by atoms with Crippen LogP contribution < -0.4 is 4.74 Å². The van der Waals surface area contributed by atoms with E-state index in [4.69, 9.17) is 14.2 Å². The molecule has 0 saturated carbocycles. The molecule has 1 aliphatic rings. The monoisotopic (exact) mass is 362 g/mol. The normalized spacial score (nSPS) is 17.3. The smallest absolute Gasteiger partial charge is 0.337 e. The largest absolute Gasteiger partial charge is 0.504 e. The number of phenols is 1. The summed E-state index contributed by atoms with van der Waals surface area (Å²) in [5.41, 5.74) is 3.07. The van der Waals surface area contributed by atoms with Crippen LogP contribution in [0.15, 0.2) is 35.6 Å². The minimum Gasteiger partial charge on any atom is -0.504 e. The van der Waals surface area contributed by atoms with Crippen LogP contribution in [0, 0.1) is 0 Å². The third-order valence-corrected chi connectivity index (χ3v) is 4.22. The lowest BCUT2D eigenvalue weighted by atomic mass is 9.93. The van der Waals surface area contributed by atoms with Gasteiger partial charge in [-0.05, 0) is 62.9 Å². The maximum absolute atomic E-state index is 12.4. The minimum atomic E-state index is -1.14. The highest BCUT2D eigenvalue weighted by atomic mass is 16.6. The quantitative estimate of drug-likeness (QED) is 0.255. The zero-order valence-electron chi connectivity index (χ0n) is 15.6. The number of phenolic OH excluding ortho intramolecular Hbond substituents is 1. The van der Waals surface area contributed by atoms with Gasteiger partial charge in [0.05, 0.1) is 25.6 Å². The summed E-state index contributed by atoms with van der Waals surface area (Å²) in [7, 11) is 1.48. The number of aryl methyl sites for hydroxylation is 1. The molecule has 6 nitrogen and oxygen atoms in total. The van der Waals surface area contributed by atoms with E-state index in [1.807, 2.05) is 13.8 Å². The van der Waals surface area contributed by atoms with Crippen molar-refractivity contribution < 1.29 is 29.2 Å². The molecule has 0 bridgehead atoms. The van der Waals surface area contributed by atoms with E-state index < -0.39 is 12.3 Å². The van der Waals surface area contributed by atoms with Crippen LogP contribution in [0.1, 0.15) is 44.2 Å². The van der Waals surface area contributed by atoms with Crippen molar-refractivity contribution in [1.29, 1.82) is 0 Å². The van der Waals surface area contributed by atoms with Crippen molar-refractivity contribution in [2.24, 2.45) is 0 Å². The standard InChI is InChI=1S/C20H26O6/c1-5-25-20(23)16(11-26-19(22)8-12(2)3)14-7-6-13-9-17(21)18(24-4)10-15(13)14/h8-11,14,19,21-22H,5-7H2,1-4H3/b16-11+. The Kier molecular flexibility index (Phi) is 6.69. The molecule has 0 aliphatic heterocycles. The number of allylic oxidation sites excluding steroid dienone is 1. The molecule has 0 aromatic heterocycles. The van der Waals surface area contributed by atoms with Crippen molar-refractivity contribution in [2.75, 3.05) is 13.7 Å². The predicted molar refractivity (Wildman–Crippen MR) is 97.0 cm³/mol.